The Balaban J connectivity index is 3.17. The molecule has 0 saturated heterocycles. The van der Waals surface area contributed by atoms with Crippen LogP contribution in [0.4, 0.5) is 0 Å². The fraction of sp³-hybridized carbons (Fsp3) is 1.00. The molecule has 0 aromatic rings. The number of rotatable bonds is 3. The largest absolute Gasteiger partial charge is 0.389 e. The molecule has 3 nitrogen and oxygen atoms in total. The van der Waals surface area contributed by atoms with Gasteiger partial charge in [-0.25, -0.2) is 0 Å². The fourth-order valence-corrected chi connectivity index (χ4v) is 0.323. The summed E-state index contributed by atoms with van der Waals surface area (Å²) in [6.07, 6.45) is -0.528. The molecular weight excluding hydrogens is 106 g/mol. The lowest BCUT2D eigenvalue weighted by atomic mass is 10.2. The molecule has 0 saturated carbocycles. The zero-order valence-electron chi connectivity index (χ0n) is 5.29. The van der Waals surface area contributed by atoms with E-state index >= 15 is 0 Å². The molecule has 50 valence electrons. The average molecular weight is 119 g/mol. The second kappa shape index (κ2) is 3.83. The lowest BCUT2D eigenvalue weighted by molar-refractivity contribution is 0.0517. The van der Waals surface area contributed by atoms with Crippen LogP contribution in [0.15, 0.2) is 0 Å². The number of hydrogen-bond donors (Lipinski definition) is 2. The van der Waals surface area contributed by atoms with Crippen molar-refractivity contribution in [2.45, 2.75) is 19.1 Å². The van der Waals surface area contributed by atoms with E-state index in [0.29, 0.717) is 6.61 Å². The number of aliphatic hydroxyl groups is 1. The molecule has 0 aromatic carbocycles. The average Bonchev–Trinajstić information content (AvgIpc) is 1.67. The van der Waals surface area contributed by atoms with Gasteiger partial charge in [-0.2, -0.15) is 0 Å². The Labute approximate surface area is 49.4 Å². The van der Waals surface area contributed by atoms with Crippen LogP contribution in [0.2, 0.25) is 0 Å². The summed E-state index contributed by atoms with van der Waals surface area (Å²) in [4.78, 5) is 0. The third-order valence-electron chi connectivity index (χ3n) is 0.944. The number of hydrogen-bond acceptors (Lipinski definition) is 3. The van der Waals surface area contributed by atoms with Gasteiger partial charge < -0.3 is 15.6 Å². The molecule has 0 aromatic heterocycles. The van der Waals surface area contributed by atoms with Crippen molar-refractivity contribution in [3.63, 3.8) is 0 Å². The van der Waals surface area contributed by atoms with Gasteiger partial charge in [0.05, 0.1) is 12.7 Å². The highest BCUT2D eigenvalue weighted by atomic mass is 16.5. The Morgan fingerprint density at radius 2 is 2.25 bits per heavy atom. The van der Waals surface area contributed by atoms with Crippen molar-refractivity contribution in [1.29, 1.82) is 0 Å². The van der Waals surface area contributed by atoms with E-state index in [0.717, 1.165) is 0 Å². The predicted octanol–water partition coefficient (Wildman–Crippen LogP) is -0.659. The summed E-state index contributed by atoms with van der Waals surface area (Å²) in [5.41, 5.74) is 5.29. The van der Waals surface area contributed by atoms with Crippen LogP contribution in [0.1, 0.15) is 6.92 Å². The maximum absolute atomic E-state index is 8.88. The highest BCUT2D eigenvalue weighted by molar-refractivity contribution is 4.63. The van der Waals surface area contributed by atoms with Crippen LogP contribution in [-0.4, -0.2) is 31.0 Å². The van der Waals surface area contributed by atoms with Gasteiger partial charge in [0.15, 0.2) is 0 Å². The Bertz CT molecular complexity index is 56.4. The van der Waals surface area contributed by atoms with E-state index in [1.54, 1.807) is 6.92 Å². The SMILES string of the molecule is COCC(O)C(C)N. The van der Waals surface area contributed by atoms with Gasteiger partial charge in [0.2, 0.25) is 0 Å². The first kappa shape index (κ1) is 7.88. The molecule has 3 N–H and O–H groups in total. The first-order chi connectivity index (χ1) is 3.68. The summed E-state index contributed by atoms with van der Waals surface area (Å²) in [5.74, 6) is 0. The molecule has 0 aliphatic heterocycles. The molecule has 0 fully saturated rings. The van der Waals surface area contributed by atoms with Crippen molar-refractivity contribution in [1.82, 2.24) is 0 Å². The molecule has 2 unspecified atom stereocenters. The molecule has 0 aliphatic rings. The van der Waals surface area contributed by atoms with Gasteiger partial charge in [-0.15, -0.1) is 0 Å². The van der Waals surface area contributed by atoms with Gasteiger partial charge in [-0.1, -0.05) is 0 Å². The van der Waals surface area contributed by atoms with E-state index in [-0.39, 0.29) is 6.04 Å². The topological polar surface area (TPSA) is 55.5 Å². The van der Waals surface area contributed by atoms with Crippen LogP contribution < -0.4 is 5.73 Å². The number of aliphatic hydroxyl groups excluding tert-OH is 1. The molecule has 0 radical (unpaired) electrons. The number of methoxy groups -OCH3 is 1. The lowest BCUT2D eigenvalue weighted by Crippen LogP contribution is -2.34. The molecule has 0 spiro atoms. The molecule has 0 aliphatic carbocycles. The van der Waals surface area contributed by atoms with Gasteiger partial charge in [0, 0.05) is 13.2 Å². The molecule has 3 heteroatoms. The van der Waals surface area contributed by atoms with Crippen LogP contribution in [-0.2, 0) is 4.74 Å². The minimum absolute atomic E-state index is 0.199. The van der Waals surface area contributed by atoms with E-state index in [1.807, 2.05) is 0 Å². The van der Waals surface area contributed by atoms with Crippen LogP contribution >= 0.6 is 0 Å². The van der Waals surface area contributed by atoms with Crippen molar-refractivity contribution >= 4 is 0 Å². The molecule has 0 amide bonds. The highest BCUT2D eigenvalue weighted by Gasteiger charge is 2.06. The Morgan fingerprint density at radius 3 is 2.38 bits per heavy atom. The van der Waals surface area contributed by atoms with Crippen molar-refractivity contribution < 1.29 is 9.84 Å². The van der Waals surface area contributed by atoms with E-state index in [1.165, 1.54) is 7.11 Å². The molecule has 0 heterocycles. The second-order valence-corrected chi connectivity index (χ2v) is 1.88. The summed E-state index contributed by atoms with van der Waals surface area (Å²) < 4.78 is 4.63. The van der Waals surface area contributed by atoms with Crippen molar-refractivity contribution in [2.24, 2.45) is 5.73 Å². The number of nitrogens with two attached hydrogens (primary N) is 1. The van der Waals surface area contributed by atoms with Crippen LogP contribution in [0.3, 0.4) is 0 Å². The van der Waals surface area contributed by atoms with E-state index < -0.39 is 6.10 Å². The standard InChI is InChI=1S/C5H13NO2/c1-4(6)5(7)3-8-2/h4-5,7H,3,6H2,1-2H3. The molecule has 8 heavy (non-hydrogen) atoms. The maximum Gasteiger partial charge on any atom is 0.0921 e. The van der Waals surface area contributed by atoms with E-state index in [4.69, 9.17) is 10.8 Å². The quantitative estimate of drug-likeness (QED) is 0.518. The van der Waals surface area contributed by atoms with Crippen molar-refractivity contribution in [3.05, 3.63) is 0 Å². The highest BCUT2D eigenvalue weighted by Crippen LogP contribution is 1.87. The Kier molecular flexibility index (Phi) is 3.77. The maximum atomic E-state index is 8.88. The second-order valence-electron chi connectivity index (χ2n) is 1.88. The fourth-order valence-electron chi connectivity index (χ4n) is 0.323. The first-order valence-electron chi connectivity index (χ1n) is 2.61. The summed E-state index contributed by atoms with van der Waals surface area (Å²) in [6, 6.07) is -0.199. The summed E-state index contributed by atoms with van der Waals surface area (Å²) in [7, 11) is 1.53. The Morgan fingerprint density at radius 1 is 1.75 bits per heavy atom. The van der Waals surface area contributed by atoms with Gasteiger partial charge in [0.1, 0.15) is 0 Å². The van der Waals surface area contributed by atoms with E-state index in [2.05, 4.69) is 4.74 Å². The summed E-state index contributed by atoms with van der Waals surface area (Å²) >= 11 is 0. The lowest BCUT2D eigenvalue weighted by Gasteiger charge is -2.11. The van der Waals surface area contributed by atoms with Crippen LogP contribution in [0.5, 0.6) is 0 Å². The summed E-state index contributed by atoms with van der Waals surface area (Å²) in [5, 5.41) is 8.88. The minimum atomic E-state index is -0.528. The van der Waals surface area contributed by atoms with Crippen molar-refractivity contribution in [2.75, 3.05) is 13.7 Å². The van der Waals surface area contributed by atoms with E-state index in [9.17, 15) is 0 Å². The third kappa shape index (κ3) is 2.96. The molecular formula is C5H13NO2. The monoisotopic (exact) mass is 119 g/mol. The first-order valence-corrected chi connectivity index (χ1v) is 2.61. The van der Waals surface area contributed by atoms with Crippen molar-refractivity contribution in [3.8, 4) is 0 Å². The van der Waals surface area contributed by atoms with Crippen LogP contribution in [0, 0.1) is 0 Å². The summed E-state index contributed by atoms with van der Waals surface area (Å²) in [6.45, 7) is 2.06. The predicted molar refractivity (Wildman–Crippen MR) is 31.5 cm³/mol. The molecule has 0 rings (SSSR count). The third-order valence-corrected chi connectivity index (χ3v) is 0.944. The van der Waals surface area contributed by atoms with Gasteiger partial charge in [-0.05, 0) is 6.92 Å². The van der Waals surface area contributed by atoms with Crippen LogP contribution in [0.25, 0.3) is 0 Å². The number of ether oxygens (including phenoxy) is 1. The smallest absolute Gasteiger partial charge is 0.0921 e. The van der Waals surface area contributed by atoms with Gasteiger partial charge in [0.25, 0.3) is 0 Å². The normalized spacial score (nSPS) is 18.0. The Hall–Kier alpha value is -0.120. The molecule has 0 bridgehead atoms. The van der Waals surface area contributed by atoms with Gasteiger partial charge >= 0.3 is 0 Å². The minimum Gasteiger partial charge on any atom is -0.389 e. The molecule has 2 atom stereocenters. The zero-order chi connectivity index (χ0) is 6.57. The zero-order valence-corrected chi connectivity index (χ0v) is 5.29. The van der Waals surface area contributed by atoms with Gasteiger partial charge in [-0.3, -0.25) is 0 Å².